The highest BCUT2D eigenvalue weighted by atomic mass is 35.5. The van der Waals surface area contributed by atoms with Crippen LogP contribution in [-0.4, -0.2) is 62.1 Å². The number of nitrogens with zero attached hydrogens (tertiary/aromatic N) is 5. The van der Waals surface area contributed by atoms with Crippen LogP contribution in [0.4, 0.5) is 0 Å². The summed E-state index contributed by atoms with van der Waals surface area (Å²) in [4.78, 5) is 34.4. The zero-order valence-corrected chi connectivity index (χ0v) is 19.9. The Balaban J connectivity index is 1.30. The lowest BCUT2D eigenvalue weighted by molar-refractivity contribution is 0.0411. The summed E-state index contributed by atoms with van der Waals surface area (Å²) in [5, 5.41) is 6.26. The Morgan fingerprint density at radius 1 is 1.06 bits per heavy atom. The molecule has 2 aromatic heterocycles. The van der Waals surface area contributed by atoms with Crippen LogP contribution in [0.2, 0.25) is 10.0 Å². The molecule has 1 unspecified atom stereocenters. The topological polar surface area (TPSA) is 71.3 Å². The summed E-state index contributed by atoms with van der Waals surface area (Å²) < 4.78 is 2.50. The van der Waals surface area contributed by atoms with Crippen LogP contribution in [0.3, 0.4) is 0 Å². The molecule has 0 aliphatic carbocycles. The molecule has 10 heteroatoms. The molecule has 7 nitrogen and oxygen atoms in total. The molecule has 1 fully saturated rings. The number of hydrogen-bond acceptors (Lipinski definition) is 5. The number of piperazine rings is 1. The summed E-state index contributed by atoms with van der Waals surface area (Å²) in [7, 11) is 0. The van der Waals surface area contributed by atoms with Crippen molar-refractivity contribution in [3.05, 3.63) is 75.6 Å². The SMILES string of the molecule is CC1CN(C(=O)c2ncn(-c3cccc(Cl)c3)n2)CCN1C(=O)c1sc2ccccc2c1Cl. The first-order chi connectivity index (χ1) is 15.9. The van der Waals surface area contributed by atoms with E-state index in [1.54, 1.807) is 21.9 Å². The lowest BCUT2D eigenvalue weighted by atomic mass is 10.1. The highest BCUT2D eigenvalue weighted by Gasteiger charge is 2.33. The average molecular weight is 500 g/mol. The van der Waals surface area contributed by atoms with Crippen molar-refractivity contribution in [2.75, 3.05) is 19.6 Å². The fourth-order valence-corrected chi connectivity index (χ4v) is 5.62. The van der Waals surface area contributed by atoms with E-state index in [2.05, 4.69) is 10.1 Å². The lowest BCUT2D eigenvalue weighted by Gasteiger charge is -2.39. The molecule has 0 bridgehead atoms. The van der Waals surface area contributed by atoms with Crippen molar-refractivity contribution in [3.8, 4) is 5.69 Å². The van der Waals surface area contributed by atoms with Crippen LogP contribution in [-0.2, 0) is 0 Å². The van der Waals surface area contributed by atoms with E-state index in [4.69, 9.17) is 23.2 Å². The van der Waals surface area contributed by atoms with Crippen molar-refractivity contribution in [1.29, 1.82) is 0 Å². The van der Waals surface area contributed by atoms with Crippen LogP contribution in [0.25, 0.3) is 15.8 Å². The Labute approximate surface area is 204 Å². The maximum Gasteiger partial charge on any atom is 0.293 e. The standard InChI is InChI=1S/C23H19Cl2N5O2S/c1-14-12-28(23(32)21-26-13-30(27-21)16-6-4-5-15(24)11-16)9-10-29(14)22(31)20-19(25)17-7-2-3-8-18(17)33-20/h2-8,11,13-14H,9-10,12H2,1H3. The molecular weight excluding hydrogens is 481 g/mol. The number of carbonyl (C=O) groups is 2. The Bertz CT molecular complexity index is 1370. The molecule has 0 spiro atoms. The second kappa shape index (κ2) is 8.78. The predicted octanol–water partition coefficient (Wildman–Crippen LogP) is 4.78. The highest BCUT2D eigenvalue weighted by molar-refractivity contribution is 7.21. The molecule has 4 aromatic rings. The second-order valence-corrected chi connectivity index (χ2v) is 9.70. The third-order valence-electron chi connectivity index (χ3n) is 5.66. The normalized spacial score (nSPS) is 16.4. The number of hydrogen-bond donors (Lipinski definition) is 0. The summed E-state index contributed by atoms with van der Waals surface area (Å²) in [6.45, 7) is 3.11. The van der Waals surface area contributed by atoms with Crippen molar-refractivity contribution in [3.63, 3.8) is 0 Å². The maximum absolute atomic E-state index is 13.2. The number of carbonyl (C=O) groups excluding carboxylic acids is 2. The van der Waals surface area contributed by atoms with Gasteiger partial charge in [0.2, 0.25) is 5.82 Å². The van der Waals surface area contributed by atoms with Crippen molar-refractivity contribution >= 4 is 56.4 Å². The van der Waals surface area contributed by atoms with Crippen molar-refractivity contribution in [2.45, 2.75) is 13.0 Å². The minimum Gasteiger partial charge on any atom is -0.332 e. The summed E-state index contributed by atoms with van der Waals surface area (Å²) >= 11 is 14.0. The third kappa shape index (κ3) is 4.10. The molecule has 1 aliphatic rings. The van der Waals surface area contributed by atoms with Gasteiger partial charge in [0.15, 0.2) is 0 Å². The predicted molar refractivity (Wildman–Crippen MR) is 130 cm³/mol. The average Bonchev–Trinajstić information content (AvgIpc) is 3.44. The first kappa shape index (κ1) is 21.9. The van der Waals surface area contributed by atoms with Crippen LogP contribution < -0.4 is 0 Å². The molecule has 0 saturated carbocycles. The number of amides is 2. The van der Waals surface area contributed by atoms with E-state index in [-0.39, 0.29) is 23.7 Å². The fraction of sp³-hybridized carbons (Fsp3) is 0.217. The third-order valence-corrected chi connectivity index (χ3v) is 7.56. The first-order valence-corrected chi connectivity index (χ1v) is 11.9. The van der Waals surface area contributed by atoms with Gasteiger partial charge < -0.3 is 9.80 Å². The molecule has 0 radical (unpaired) electrons. The molecule has 2 aromatic carbocycles. The van der Waals surface area contributed by atoms with Crippen molar-refractivity contribution in [2.24, 2.45) is 0 Å². The van der Waals surface area contributed by atoms with Gasteiger partial charge in [-0.15, -0.1) is 16.4 Å². The quantitative estimate of drug-likeness (QED) is 0.406. The van der Waals surface area contributed by atoms with E-state index in [1.807, 2.05) is 43.3 Å². The molecule has 5 rings (SSSR count). The van der Waals surface area contributed by atoms with Gasteiger partial charge in [0.1, 0.15) is 11.2 Å². The summed E-state index contributed by atoms with van der Waals surface area (Å²) in [5.41, 5.74) is 0.720. The van der Waals surface area contributed by atoms with E-state index in [9.17, 15) is 9.59 Å². The van der Waals surface area contributed by atoms with Gasteiger partial charge >= 0.3 is 0 Å². The van der Waals surface area contributed by atoms with E-state index in [0.29, 0.717) is 34.6 Å². The van der Waals surface area contributed by atoms with Gasteiger partial charge in [-0.1, -0.05) is 47.5 Å². The lowest BCUT2D eigenvalue weighted by Crippen LogP contribution is -2.55. The van der Waals surface area contributed by atoms with Crippen molar-refractivity contribution < 1.29 is 9.59 Å². The Morgan fingerprint density at radius 2 is 1.88 bits per heavy atom. The molecule has 3 heterocycles. The molecule has 1 aliphatic heterocycles. The van der Waals surface area contributed by atoms with Gasteiger partial charge in [-0.25, -0.2) is 9.67 Å². The number of benzene rings is 2. The molecule has 1 saturated heterocycles. The minimum atomic E-state index is -0.269. The van der Waals surface area contributed by atoms with E-state index >= 15 is 0 Å². The monoisotopic (exact) mass is 499 g/mol. The maximum atomic E-state index is 13.2. The zero-order chi connectivity index (χ0) is 23.1. The molecule has 168 valence electrons. The largest absolute Gasteiger partial charge is 0.332 e. The van der Waals surface area contributed by atoms with Crippen LogP contribution in [0.1, 0.15) is 27.2 Å². The van der Waals surface area contributed by atoms with Crippen LogP contribution in [0, 0.1) is 0 Å². The molecule has 33 heavy (non-hydrogen) atoms. The minimum absolute atomic E-state index is 0.106. The number of aromatic nitrogens is 3. The second-order valence-electron chi connectivity index (χ2n) is 7.83. The Hall–Kier alpha value is -2.94. The molecular formula is C23H19Cl2N5O2S. The Morgan fingerprint density at radius 3 is 2.64 bits per heavy atom. The molecule has 0 N–H and O–H groups in total. The van der Waals surface area contributed by atoms with Crippen molar-refractivity contribution in [1.82, 2.24) is 24.6 Å². The van der Waals surface area contributed by atoms with Gasteiger partial charge in [0, 0.05) is 40.8 Å². The Kier molecular flexibility index (Phi) is 5.82. The zero-order valence-electron chi connectivity index (χ0n) is 17.6. The van der Waals surface area contributed by atoms with E-state index < -0.39 is 0 Å². The summed E-state index contributed by atoms with van der Waals surface area (Å²) in [6.07, 6.45) is 1.49. The highest BCUT2D eigenvalue weighted by Crippen LogP contribution is 2.36. The molecule has 1 atom stereocenters. The van der Waals surface area contributed by atoms with Gasteiger partial charge in [-0.05, 0) is 31.2 Å². The van der Waals surface area contributed by atoms with Gasteiger partial charge in [-0.3, -0.25) is 9.59 Å². The first-order valence-electron chi connectivity index (χ1n) is 10.4. The van der Waals surface area contributed by atoms with Gasteiger partial charge in [0.25, 0.3) is 11.8 Å². The number of halogens is 2. The summed E-state index contributed by atoms with van der Waals surface area (Å²) in [6, 6.07) is 14.7. The van der Waals surface area contributed by atoms with Crippen LogP contribution in [0.15, 0.2) is 54.9 Å². The smallest absolute Gasteiger partial charge is 0.293 e. The van der Waals surface area contributed by atoms with E-state index in [0.717, 1.165) is 15.8 Å². The fourth-order valence-electron chi connectivity index (χ4n) is 3.97. The van der Waals surface area contributed by atoms with Gasteiger partial charge in [0.05, 0.1) is 10.7 Å². The van der Waals surface area contributed by atoms with Crippen LogP contribution in [0.5, 0.6) is 0 Å². The number of thiophene rings is 1. The number of fused-ring (bicyclic) bond motifs is 1. The van der Waals surface area contributed by atoms with Crippen LogP contribution >= 0.6 is 34.5 Å². The molecule has 2 amide bonds. The van der Waals surface area contributed by atoms with E-state index in [1.165, 1.54) is 22.3 Å². The summed E-state index contributed by atoms with van der Waals surface area (Å²) in [5.74, 6) is -0.270. The van der Waals surface area contributed by atoms with Gasteiger partial charge in [-0.2, -0.15) is 0 Å². The number of rotatable bonds is 3.